The van der Waals surface area contributed by atoms with Crippen LogP contribution in [0.1, 0.15) is 259 Å². The van der Waals surface area contributed by atoms with Gasteiger partial charge < -0.3 is 33.8 Å². The van der Waals surface area contributed by atoms with Crippen LogP contribution in [0.2, 0.25) is 0 Å². The smallest absolute Gasteiger partial charge is 0.462 e. The fourth-order valence-corrected chi connectivity index (χ4v) is 9.39. The van der Waals surface area contributed by atoms with E-state index in [0.717, 1.165) is 109 Å². The molecular weight excluding hydrogens is 983 g/mol. The molecule has 5 atom stereocenters. The van der Waals surface area contributed by atoms with Crippen molar-refractivity contribution in [1.82, 2.24) is 0 Å². The normalized spacial score (nSPS) is 14.5. The lowest BCUT2D eigenvalue weighted by molar-refractivity contribution is -0.161. The van der Waals surface area contributed by atoms with Crippen LogP contribution in [0.25, 0.3) is 0 Å². The molecule has 2 unspecified atom stereocenters. The summed E-state index contributed by atoms with van der Waals surface area (Å²) in [6, 6.07) is 0. The lowest BCUT2D eigenvalue weighted by atomic mass is 10.0. The molecule has 0 amide bonds. The Morgan fingerprint density at radius 1 is 0.370 bits per heavy atom. The van der Waals surface area contributed by atoms with Gasteiger partial charge in [0, 0.05) is 25.7 Å². The van der Waals surface area contributed by atoms with Crippen LogP contribution in [0.3, 0.4) is 0 Å². The maximum atomic E-state index is 12.9. The Hall–Kier alpha value is -1.94. The Kier molecular flexibility index (Phi) is 47.1. The zero-order chi connectivity index (χ0) is 54.3. The lowest BCUT2D eigenvalue weighted by Crippen LogP contribution is -2.30. The van der Waals surface area contributed by atoms with Gasteiger partial charge in [-0.05, 0) is 31.6 Å². The second kappa shape index (κ2) is 48.4. The molecule has 0 rings (SSSR count). The van der Waals surface area contributed by atoms with Gasteiger partial charge in [-0.1, -0.05) is 208 Å². The maximum Gasteiger partial charge on any atom is 0.472 e. The number of hydrogen-bond donors (Lipinski definition) is 3. The minimum atomic E-state index is -4.93. The van der Waals surface area contributed by atoms with Gasteiger partial charge >= 0.3 is 39.5 Å². The van der Waals surface area contributed by atoms with Crippen molar-refractivity contribution in [3.63, 3.8) is 0 Å². The van der Waals surface area contributed by atoms with Crippen LogP contribution in [-0.2, 0) is 65.4 Å². The number of rotatable bonds is 54. The van der Waals surface area contributed by atoms with Crippen LogP contribution in [-0.4, -0.2) is 96.7 Å². The Labute approximate surface area is 441 Å². The van der Waals surface area contributed by atoms with Crippen LogP contribution in [0.5, 0.6) is 0 Å². The highest BCUT2D eigenvalue weighted by molar-refractivity contribution is 7.47. The fourth-order valence-electron chi connectivity index (χ4n) is 7.81. The van der Waals surface area contributed by atoms with E-state index in [0.29, 0.717) is 31.6 Å². The van der Waals surface area contributed by atoms with Gasteiger partial charge in [0.05, 0.1) is 26.4 Å². The van der Waals surface area contributed by atoms with E-state index in [-0.39, 0.29) is 25.7 Å². The van der Waals surface area contributed by atoms with Crippen molar-refractivity contribution in [2.75, 3.05) is 39.6 Å². The van der Waals surface area contributed by atoms with Crippen molar-refractivity contribution in [3.8, 4) is 0 Å². The molecule has 0 aliphatic heterocycles. The molecule has 0 fully saturated rings. The Balaban J connectivity index is 5.20. The number of unbranched alkanes of at least 4 members (excludes halogenated alkanes) is 26. The van der Waals surface area contributed by atoms with E-state index in [4.69, 9.17) is 37.0 Å². The van der Waals surface area contributed by atoms with Gasteiger partial charge in [-0.25, -0.2) is 9.13 Å². The Morgan fingerprint density at radius 3 is 0.932 bits per heavy atom. The molecule has 17 nitrogen and oxygen atoms in total. The molecule has 0 radical (unpaired) electrons. The highest BCUT2D eigenvalue weighted by Crippen LogP contribution is 2.45. The third-order valence-electron chi connectivity index (χ3n) is 12.3. The monoisotopic (exact) mass is 1090 g/mol. The van der Waals surface area contributed by atoms with Crippen LogP contribution < -0.4 is 0 Å². The molecule has 0 bridgehead atoms. The SMILES string of the molecule is CCCCCCCCCCCC(=O)OC[C@H](COP(=O)(O)OC[C@@H](O)COP(=O)(O)OC[C@@H](COC(=O)CCCCCCCCC)OC(=O)CCCCCCCCCC)OC(=O)CCCCCCCCC(C)C. The fraction of sp³-hybridized carbons (Fsp3) is 0.926. The topological polar surface area (TPSA) is 237 Å². The summed E-state index contributed by atoms with van der Waals surface area (Å²) in [7, 11) is -9.85. The van der Waals surface area contributed by atoms with Crippen LogP contribution >= 0.6 is 15.6 Å². The van der Waals surface area contributed by atoms with Crippen molar-refractivity contribution in [3.05, 3.63) is 0 Å². The third-order valence-corrected chi connectivity index (χ3v) is 14.2. The van der Waals surface area contributed by atoms with Crippen molar-refractivity contribution in [1.29, 1.82) is 0 Å². The van der Waals surface area contributed by atoms with E-state index in [1.165, 1.54) is 64.2 Å². The first-order chi connectivity index (χ1) is 35.0. The second-order valence-electron chi connectivity index (χ2n) is 20.1. The summed E-state index contributed by atoms with van der Waals surface area (Å²) < 4.78 is 67.3. The van der Waals surface area contributed by atoms with Gasteiger partial charge in [0.1, 0.15) is 19.3 Å². The predicted octanol–water partition coefficient (Wildman–Crippen LogP) is 13.9. The Morgan fingerprint density at radius 2 is 0.630 bits per heavy atom. The van der Waals surface area contributed by atoms with E-state index < -0.39 is 97.5 Å². The lowest BCUT2D eigenvalue weighted by Gasteiger charge is -2.21. The largest absolute Gasteiger partial charge is 0.472 e. The average molecular weight is 1090 g/mol. The number of phosphoric acid groups is 2. The third kappa shape index (κ3) is 49.4. The van der Waals surface area contributed by atoms with Gasteiger partial charge in [0.15, 0.2) is 12.2 Å². The summed E-state index contributed by atoms with van der Waals surface area (Å²) in [6.07, 6.45) is 28.3. The van der Waals surface area contributed by atoms with Crippen molar-refractivity contribution < 1.29 is 80.2 Å². The predicted molar refractivity (Wildman–Crippen MR) is 285 cm³/mol. The number of phosphoric ester groups is 2. The molecule has 0 aliphatic carbocycles. The van der Waals surface area contributed by atoms with Crippen molar-refractivity contribution in [2.24, 2.45) is 5.92 Å². The van der Waals surface area contributed by atoms with Crippen molar-refractivity contribution >= 4 is 39.5 Å². The summed E-state index contributed by atoms with van der Waals surface area (Å²) in [5, 5.41) is 10.4. The molecule has 0 aromatic rings. The molecule has 19 heteroatoms. The average Bonchev–Trinajstić information content (AvgIpc) is 3.35. The summed E-state index contributed by atoms with van der Waals surface area (Å²) in [4.78, 5) is 71.4. The zero-order valence-electron chi connectivity index (χ0n) is 46.3. The van der Waals surface area contributed by atoms with Crippen LogP contribution in [0.15, 0.2) is 0 Å². The molecule has 0 saturated carbocycles. The first kappa shape index (κ1) is 71.1. The summed E-state index contributed by atoms with van der Waals surface area (Å²) in [6.45, 7) is 6.93. The van der Waals surface area contributed by atoms with E-state index in [9.17, 15) is 43.2 Å². The highest BCUT2D eigenvalue weighted by Gasteiger charge is 2.30. The highest BCUT2D eigenvalue weighted by atomic mass is 31.2. The number of aliphatic hydroxyl groups excluding tert-OH is 1. The molecule has 0 aromatic carbocycles. The number of aliphatic hydroxyl groups is 1. The molecular formula is C54H104O17P2. The molecule has 0 saturated heterocycles. The van der Waals surface area contributed by atoms with E-state index in [1.54, 1.807) is 0 Å². The van der Waals surface area contributed by atoms with Crippen molar-refractivity contribution in [2.45, 2.75) is 278 Å². The van der Waals surface area contributed by atoms with Crippen LogP contribution in [0, 0.1) is 5.92 Å². The summed E-state index contributed by atoms with van der Waals surface area (Å²) in [5.41, 5.74) is 0. The summed E-state index contributed by atoms with van der Waals surface area (Å²) >= 11 is 0. The van der Waals surface area contributed by atoms with Gasteiger partial charge in [0.2, 0.25) is 0 Å². The number of hydrogen-bond acceptors (Lipinski definition) is 15. The molecule has 432 valence electrons. The molecule has 73 heavy (non-hydrogen) atoms. The van der Waals surface area contributed by atoms with Gasteiger partial charge in [0.25, 0.3) is 0 Å². The molecule has 0 heterocycles. The number of carbonyl (C=O) groups excluding carboxylic acids is 4. The van der Waals surface area contributed by atoms with E-state index >= 15 is 0 Å². The molecule has 0 spiro atoms. The van der Waals surface area contributed by atoms with Gasteiger partial charge in [-0.15, -0.1) is 0 Å². The summed E-state index contributed by atoms with van der Waals surface area (Å²) in [5.74, 6) is -1.49. The van der Waals surface area contributed by atoms with E-state index in [2.05, 4.69) is 34.6 Å². The minimum Gasteiger partial charge on any atom is -0.462 e. The van der Waals surface area contributed by atoms with Gasteiger partial charge in [-0.3, -0.25) is 37.3 Å². The van der Waals surface area contributed by atoms with Gasteiger partial charge in [-0.2, -0.15) is 0 Å². The Bertz CT molecular complexity index is 1450. The molecule has 3 N–H and O–H groups in total. The first-order valence-corrected chi connectivity index (χ1v) is 31.6. The second-order valence-corrected chi connectivity index (χ2v) is 23.0. The first-order valence-electron chi connectivity index (χ1n) is 28.6. The maximum absolute atomic E-state index is 12.9. The standard InChI is InChI=1S/C54H104O17P2/c1-6-9-12-15-18-20-23-28-33-38-52(57)65-44-50(71-54(59)40-35-30-25-24-26-31-36-47(4)5)46-69-73(62,63)67-42-48(55)41-66-72(60,61)68-45-49(43-64-51(56)37-32-27-21-17-14-11-8-3)70-53(58)39-34-29-22-19-16-13-10-7-2/h47-50,55H,6-46H2,1-5H3,(H,60,61)(H,62,63)/t48-,49+,50+/m0/s1. The van der Waals surface area contributed by atoms with Crippen LogP contribution in [0.4, 0.5) is 0 Å². The molecule has 0 aliphatic rings. The number of ether oxygens (including phenoxy) is 4. The molecule has 0 aromatic heterocycles. The quantitative estimate of drug-likeness (QED) is 0.0222. The van der Waals surface area contributed by atoms with E-state index in [1.807, 2.05) is 0 Å². The number of carbonyl (C=O) groups is 4. The zero-order valence-corrected chi connectivity index (χ0v) is 48.0. The minimum absolute atomic E-state index is 0.102. The number of esters is 4.